The van der Waals surface area contributed by atoms with Crippen LogP contribution in [0.4, 0.5) is 11.6 Å². The zero-order valence-electron chi connectivity index (χ0n) is 13.5. The molecule has 118 valence electrons. The van der Waals surface area contributed by atoms with Gasteiger partial charge in [-0.3, -0.25) is 0 Å². The molecule has 21 heavy (non-hydrogen) atoms. The van der Waals surface area contributed by atoms with Crippen molar-refractivity contribution in [3.8, 4) is 0 Å². The van der Waals surface area contributed by atoms with Crippen molar-refractivity contribution in [2.24, 2.45) is 0 Å². The Balaban J connectivity index is 2.39. The van der Waals surface area contributed by atoms with Gasteiger partial charge >= 0.3 is 0 Å². The van der Waals surface area contributed by atoms with Crippen LogP contribution < -0.4 is 10.2 Å². The molecule has 1 saturated carbocycles. The van der Waals surface area contributed by atoms with E-state index in [1.165, 1.54) is 25.7 Å². The predicted octanol–water partition coefficient (Wildman–Crippen LogP) is 2.52. The summed E-state index contributed by atoms with van der Waals surface area (Å²) in [5.41, 5.74) is 1.09. The minimum Gasteiger partial charge on any atom is -0.395 e. The first-order valence-corrected chi connectivity index (χ1v) is 8.20. The molecule has 1 heterocycles. The summed E-state index contributed by atoms with van der Waals surface area (Å²) in [7, 11) is 0. The molecule has 1 aliphatic carbocycles. The lowest BCUT2D eigenvalue weighted by molar-refractivity contribution is 0.296. The van der Waals surface area contributed by atoms with Crippen molar-refractivity contribution in [2.75, 3.05) is 29.9 Å². The van der Waals surface area contributed by atoms with Crippen LogP contribution in [-0.2, 0) is 6.42 Å². The van der Waals surface area contributed by atoms with Crippen LogP contribution in [0, 0.1) is 6.92 Å². The molecule has 0 saturated heterocycles. The van der Waals surface area contributed by atoms with E-state index in [1.54, 1.807) is 0 Å². The van der Waals surface area contributed by atoms with E-state index in [1.807, 2.05) is 0 Å². The summed E-state index contributed by atoms with van der Waals surface area (Å²) in [6.45, 7) is 7.90. The fourth-order valence-corrected chi connectivity index (χ4v) is 3.11. The molecule has 1 aliphatic rings. The van der Waals surface area contributed by atoms with Crippen LogP contribution in [0.5, 0.6) is 0 Å². The molecule has 5 heteroatoms. The second-order valence-electron chi connectivity index (χ2n) is 5.68. The maximum absolute atomic E-state index is 9.45. The van der Waals surface area contributed by atoms with Crippen LogP contribution in [0.2, 0.25) is 0 Å². The molecule has 5 nitrogen and oxygen atoms in total. The smallest absolute Gasteiger partial charge is 0.137 e. The van der Waals surface area contributed by atoms with Crippen LogP contribution in [-0.4, -0.2) is 40.8 Å². The van der Waals surface area contributed by atoms with Gasteiger partial charge in [0.1, 0.15) is 17.5 Å². The molecule has 0 aromatic carbocycles. The number of aliphatic hydroxyl groups excluding tert-OH is 1. The van der Waals surface area contributed by atoms with E-state index in [4.69, 9.17) is 4.98 Å². The first-order chi connectivity index (χ1) is 10.2. The van der Waals surface area contributed by atoms with Gasteiger partial charge in [-0.2, -0.15) is 0 Å². The molecule has 2 rings (SSSR count). The number of hydrogen-bond acceptors (Lipinski definition) is 5. The Morgan fingerprint density at radius 1 is 1.24 bits per heavy atom. The number of anilines is 2. The standard InChI is InChI=1S/C16H28N4O/c1-4-14-18-15(17-5-2)12(3)16(19-14)20(10-11-21)13-8-6-7-9-13/h13,21H,4-11H2,1-3H3,(H,17,18,19). The maximum atomic E-state index is 9.45. The van der Waals surface area contributed by atoms with Gasteiger partial charge in [0, 0.05) is 31.1 Å². The average molecular weight is 292 g/mol. The fourth-order valence-electron chi connectivity index (χ4n) is 3.11. The highest BCUT2D eigenvalue weighted by atomic mass is 16.3. The van der Waals surface area contributed by atoms with Crippen molar-refractivity contribution in [3.63, 3.8) is 0 Å². The van der Waals surface area contributed by atoms with E-state index >= 15 is 0 Å². The van der Waals surface area contributed by atoms with Gasteiger partial charge in [-0.05, 0) is 26.7 Å². The van der Waals surface area contributed by atoms with Gasteiger partial charge in [0.05, 0.1) is 6.61 Å². The lowest BCUT2D eigenvalue weighted by Crippen LogP contribution is -2.37. The predicted molar refractivity (Wildman–Crippen MR) is 87.0 cm³/mol. The van der Waals surface area contributed by atoms with Crippen molar-refractivity contribution >= 4 is 11.6 Å². The van der Waals surface area contributed by atoms with Crippen LogP contribution >= 0.6 is 0 Å². The second kappa shape index (κ2) is 7.59. The van der Waals surface area contributed by atoms with Gasteiger partial charge in [-0.15, -0.1) is 0 Å². The fraction of sp³-hybridized carbons (Fsp3) is 0.750. The summed E-state index contributed by atoms with van der Waals surface area (Å²) in [5, 5.41) is 12.8. The third kappa shape index (κ3) is 3.64. The quantitative estimate of drug-likeness (QED) is 0.808. The van der Waals surface area contributed by atoms with Crippen LogP contribution in [0.15, 0.2) is 0 Å². The highest BCUT2D eigenvalue weighted by Gasteiger charge is 2.26. The topological polar surface area (TPSA) is 61.3 Å². The average Bonchev–Trinajstić information content (AvgIpc) is 3.01. The molecule has 2 N–H and O–H groups in total. The van der Waals surface area contributed by atoms with Crippen molar-refractivity contribution < 1.29 is 5.11 Å². The maximum Gasteiger partial charge on any atom is 0.137 e. The van der Waals surface area contributed by atoms with Gasteiger partial charge in [-0.1, -0.05) is 19.8 Å². The first kappa shape index (κ1) is 16.0. The van der Waals surface area contributed by atoms with Crippen molar-refractivity contribution in [2.45, 2.75) is 58.9 Å². The zero-order valence-corrected chi connectivity index (χ0v) is 13.5. The number of aryl methyl sites for hydroxylation is 1. The summed E-state index contributed by atoms with van der Waals surface area (Å²) in [6, 6.07) is 0.505. The number of nitrogens with one attached hydrogen (secondary N) is 1. The zero-order chi connectivity index (χ0) is 15.2. The summed E-state index contributed by atoms with van der Waals surface area (Å²) >= 11 is 0. The monoisotopic (exact) mass is 292 g/mol. The van der Waals surface area contributed by atoms with Gasteiger partial charge in [0.15, 0.2) is 0 Å². The molecule has 1 aromatic heterocycles. The van der Waals surface area contributed by atoms with E-state index < -0.39 is 0 Å². The minimum absolute atomic E-state index is 0.165. The number of nitrogens with zero attached hydrogens (tertiary/aromatic N) is 3. The lowest BCUT2D eigenvalue weighted by Gasteiger charge is -2.31. The Morgan fingerprint density at radius 2 is 1.95 bits per heavy atom. The molecule has 0 radical (unpaired) electrons. The number of aromatic nitrogens is 2. The van der Waals surface area contributed by atoms with Gasteiger partial charge in [-0.25, -0.2) is 9.97 Å². The van der Waals surface area contributed by atoms with Gasteiger partial charge in [0.2, 0.25) is 0 Å². The Labute approximate surface area is 127 Å². The van der Waals surface area contributed by atoms with Crippen molar-refractivity contribution in [1.29, 1.82) is 0 Å². The molecule has 0 bridgehead atoms. The summed E-state index contributed by atoms with van der Waals surface area (Å²) < 4.78 is 0. The SMILES string of the molecule is CCNc1nc(CC)nc(N(CCO)C2CCCC2)c1C. The Bertz CT molecular complexity index is 458. The first-order valence-electron chi connectivity index (χ1n) is 8.20. The van der Waals surface area contributed by atoms with Crippen molar-refractivity contribution in [3.05, 3.63) is 11.4 Å². The van der Waals surface area contributed by atoms with Crippen LogP contribution in [0.25, 0.3) is 0 Å². The molecule has 1 fully saturated rings. The molecule has 0 amide bonds. The lowest BCUT2D eigenvalue weighted by atomic mass is 10.1. The Hall–Kier alpha value is -1.36. The summed E-state index contributed by atoms with van der Waals surface area (Å²) in [6.07, 6.45) is 5.76. The van der Waals surface area contributed by atoms with Crippen LogP contribution in [0.3, 0.4) is 0 Å². The largest absolute Gasteiger partial charge is 0.395 e. The molecule has 0 aliphatic heterocycles. The molecule has 0 atom stereocenters. The third-order valence-electron chi connectivity index (χ3n) is 4.21. The van der Waals surface area contributed by atoms with Gasteiger partial charge in [0.25, 0.3) is 0 Å². The Kier molecular flexibility index (Phi) is 5.79. The highest BCUT2D eigenvalue weighted by molar-refractivity contribution is 5.59. The number of rotatable bonds is 7. The summed E-state index contributed by atoms with van der Waals surface area (Å²) in [5.74, 6) is 2.80. The molecule has 0 spiro atoms. The summed E-state index contributed by atoms with van der Waals surface area (Å²) in [4.78, 5) is 11.7. The second-order valence-corrected chi connectivity index (χ2v) is 5.68. The molecular weight excluding hydrogens is 264 g/mol. The van der Waals surface area contributed by atoms with E-state index in [9.17, 15) is 5.11 Å². The third-order valence-corrected chi connectivity index (χ3v) is 4.21. The van der Waals surface area contributed by atoms with E-state index in [0.29, 0.717) is 12.6 Å². The van der Waals surface area contributed by atoms with E-state index in [0.717, 1.165) is 36.0 Å². The minimum atomic E-state index is 0.165. The van der Waals surface area contributed by atoms with Crippen LogP contribution in [0.1, 0.15) is 50.9 Å². The normalized spacial score (nSPS) is 15.4. The number of aliphatic hydroxyl groups is 1. The van der Waals surface area contributed by atoms with Gasteiger partial charge < -0.3 is 15.3 Å². The number of hydrogen-bond donors (Lipinski definition) is 2. The van der Waals surface area contributed by atoms with E-state index in [2.05, 4.69) is 36.0 Å². The molecule has 0 unspecified atom stereocenters. The Morgan fingerprint density at radius 3 is 2.52 bits per heavy atom. The molecular formula is C16H28N4O. The highest BCUT2D eigenvalue weighted by Crippen LogP contribution is 2.31. The molecule has 1 aromatic rings. The van der Waals surface area contributed by atoms with Crippen molar-refractivity contribution in [1.82, 2.24) is 9.97 Å². The van der Waals surface area contributed by atoms with E-state index in [-0.39, 0.29) is 6.61 Å².